The van der Waals surface area contributed by atoms with Crippen molar-refractivity contribution in [2.45, 2.75) is 90.0 Å². The van der Waals surface area contributed by atoms with Crippen LogP contribution in [0.15, 0.2) is 132 Å². The van der Waals surface area contributed by atoms with E-state index >= 15 is 0 Å². The second kappa shape index (κ2) is 13.9. The number of hydrogen-bond acceptors (Lipinski definition) is 2. The van der Waals surface area contributed by atoms with Gasteiger partial charge in [-0.25, -0.2) is 4.57 Å². The summed E-state index contributed by atoms with van der Waals surface area (Å²) in [6.45, 7) is 9.57. The van der Waals surface area contributed by atoms with Gasteiger partial charge in [0.15, 0.2) is 22.8 Å². The van der Waals surface area contributed by atoms with E-state index in [2.05, 4.69) is 169 Å². The smallest absolute Gasteiger partial charge is 0.295 e. The number of nitrogens with zero attached hydrogens (tertiary/aromatic N) is 4. The van der Waals surface area contributed by atoms with Gasteiger partial charge in [-0.3, -0.25) is 4.98 Å². The maximum atomic E-state index is 6.91. The molecule has 0 saturated heterocycles. The fraction of sp³-hybridized carbons (Fsp3) is 0.300. The molecule has 0 spiro atoms. The van der Waals surface area contributed by atoms with Crippen LogP contribution in [0.3, 0.4) is 0 Å². The SMILES string of the molecule is CCCCc1ccc2c(c1)oc1c3c(ccc12)C(C)(CC)C(CC)(CCCc1ccccc1-c1n(-c2ccncc2)c2ccccc2[n+]1C)[n+]1ccccc1-3. The number of rotatable bonds is 11. The highest BCUT2D eigenvalue weighted by atomic mass is 16.3. The normalized spacial score (nSPS) is 17.9. The van der Waals surface area contributed by atoms with Gasteiger partial charge in [-0.2, -0.15) is 9.13 Å². The lowest BCUT2D eigenvalue weighted by molar-refractivity contribution is -0.770. The first-order valence-electron chi connectivity index (χ1n) is 20.4. The fourth-order valence-corrected chi connectivity index (χ4v) is 10.2. The summed E-state index contributed by atoms with van der Waals surface area (Å²) in [4.78, 5) is 4.34. The van der Waals surface area contributed by atoms with Crippen LogP contribution in [0.25, 0.3) is 61.3 Å². The Balaban J connectivity index is 1.12. The minimum absolute atomic E-state index is 0.116. The number of imidazole rings is 1. The molecule has 55 heavy (non-hydrogen) atoms. The molecule has 276 valence electrons. The van der Waals surface area contributed by atoms with Gasteiger partial charge in [0.1, 0.15) is 16.9 Å². The van der Waals surface area contributed by atoms with E-state index in [1.54, 1.807) is 0 Å². The number of furan rings is 1. The van der Waals surface area contributed by atoms with Crippen molar-refractivity contribution >= 4 is 33.0 Å². The van der Waals surface area contributed by atoms with Crippen LogP contribution in [0.4, 0.5) is 0 Å². The Kier molecular flexibility index (Phi) is 8.92. The predicted molar refractivity (Wildman–Crippen MR) is 224 cm³/mol. The second-order valence-corrected chi connectivity index (χ2v) is 15.9. The molecule has 0 bridgehead atoms. The van der Waals surface area contributed by atoms with Crippen LogP contribution < -0.4 is 9.13 Å². The lowest BCUT2D eigenvalue weighted by Gasteiger charge is -2.48. The highest BCUT2D eigenvalue weighted by Gasteiger charge is 2.59. The summed E-state index contributed by atoms with van der Waals surface area (Å²) >= 11 is 0. The van der Waals surface area contributed by atoms with Gasteiger partial charge < -0.3 is 4.42 Å². The molecular formula is C50H52N4O+2. The molecule has 0 radical (unpaired) electrons. The summed E-state index contributed by atoms with van der Waals surface area (Å²) < 4.78 is 14.3. The Bertz CT molecular complexity index is 2690. The monoisotopic (exact) mass is 724 g/mol. The summed E-state index contributed by atoms with van der Waals surface area (Å²) in [7, 11) is 2.20. The van der Waals surface area contributed by atoms with Crippen LogP contribution in [-0.4, -0.2) is 9.55 Å². The lowest BCUT2D eigenvalue weighted by atomic mass is 9.58. The van der Waals surface area contributed by atoms with Crippen LogP contribution in [0.2, 0.25) is 0 Å². The van der Waals surface area contributed by atoms with Gasteiger partial charge >= 0.3 is 0 Å². The first kappa shape index (κ1) is 35.2. The molecule has 0 fully saturated rings. The minimum Gasteiger partial charge on any atom is -0.455 e. The van der Waals surface area contributed by atoms with E-state index in [1.807, 2.05) is 12.4 Å². The molecule has 1 aliphatic rings. The molecule has 5 heteroatoms. The average molecular weight is 725 g/mol. The van der Waals surface area contributed by atoms with E-state index in [9.17, 15) is 0 Å². The quantitative estimate of drug-likeness (QED) is 0.125. The first-order valence-corrected chi connectivity index (χ1v) is 20.4. The molecule has 5 nitrogen and oxygen atoms in total. The topological polar surface area (TPSA) is 38.7 Å². The maximum Gasteiger partial charge on any atom is 0.295 e. The van der Waals surface area contributed by atoms with Gasteiger partial charge in [-0.15, -0.1) is 0 Å². The predicted octanol–water partition coefficient (Wildman–Crippen LogP) is 11.5. The van der Waals surface area contributed by atoms with Gasteiger partial charge in [0.2, 0.25) is 5.69 Å². The van der Waals surface area contributed by atoms with Crippen molar-refractivity contribution in [3.05, 3.63) is 144 Å². The summed E-state index contributed by atoms with van der Waals surface area (Å²) in [5, 5.41) is 2.42. The van der Waals surface area contributed by atoms with E-state index in [0.717, 1.165) is 55.4 Å². The van der Waals surface area contributed by atoms with Crippen molar-refractivity contribution in [3.63, 3.8) is 0 Å². The number of benzene rings is 4. The van der Waals surface area contributed by atoms with E-state index in [1.165, 1.54) is 74.0 Å². The number of unbranched alkanes of at least 4 members (excludes halogenated alkanes) is 1. The van der Waals surface area contributed by atoms with Crippen LogP contribution >= 0.6 is 0 Å². The Morgan fingerprint density at radius 3 is 2.36 bits per heavy atom. The van der Waals surface area contributed by atoms with Crippen molar-refractivity contribution in [1.82, 2.24) is 9.55 Å². The zero-order chi connectivity index (χ0) is 37.7. The molecule has 9 rings (SSSR count). The second-order valence-electron chi connectivity index (χ2n) is 15.9. The van der Waals surface area contributed by atoms with E-state index < -0.39 is 0 Å². The Labute approximate surface area is 324 Å². The van der Waals surface area contributed by atoms with Gasteiger partial charge in [-0.1, -0.05) is 81.8 Å². The largest absolute Gasteiger partial charge is 0.455 e. The highest BCUT2D eigenvalue weighted by molar-refractivity contribution is 6.10. The number of pyridine rings is 2. The average Bonchev–Trinajstić information content (AvgIpc) is 3.75. The van der Waals surface area contributed by atoms with Gasteiger partial charge in [0.05, 0.1) is 23.6 Å². The fourth-order valence-electron chi connectivity index (χ4n) is 10.2. The molecular weight excluding hydrogens is 673 g/mol. The van der Waals surface area contributed by atoms with E-state index in [4.69, 9.17) is 4.42 Å². The van der Waals surface area contributed by atoms with Crippen molar-refractivity contribution < 1.29 is 13.6 Å². The summed E-state index contributed by atoms with van der Waals surface area (Å²) in [5.74, 6) is 1.19. The van der Waals surface area contributed by atoms with Crippen molar-refractivity contribution in [1.29, 1.82) is 0 Å². The summed E-state index contributed by atoms with van der Waals surface area (Å²) in [5.41, 5.74) is 13.2. The molecule has 0 N–H and O–H groups in total. The molecule has 0 aliphatic carbocycles. The minimum atomic E-state index is -0.121. The molecule has 1 aliphatic heterocycles. The third-order valence-corrected chi connectivity index (χ3v) is 13.2. The summed E-state index contributed by atoms with van der Waals surface area (Å²) in [6.07, 6.45) is 14.7. The Morgan fingerprint density at radius 2 is 1.55 bits per heavy atom. The van der Waals surface area contributed by atoms with Crippen molar-refractivity contribution in [2.75, 3.05) is 0 Å². The molecule has 4 aromatic heterocycles. The van der Waals surface area contributed by atoms with Crippen LogP contribution in [0.5, 0.6) is 0 Å². The molecule has 5 heterocycles. The van der Waals surface area contributed by atoms with Gasteiger partial charge in [0, 0.05) is 60.3 Å². The highest BCUT2D eigenvalue weighted by Crippen LogP contribution is 2.54. The van der Waals surface area contributed by atoms with Crippen LogP contribution in [0, 0.1) is 0 Å². The van der Waals surface area contributed by atoms with E-state index in [0.29, 0.717) is 0 Å². The van der Waals surface area contributed by atoms with Crippen LogP contribution in [0.1, 0.15) is 82.9 Å². The third kappa shape index (κ3) is 5.38. The molecule has 8 aromatic rings. The maximum absolute atomic E-state index is 6.91. The Hall–Kier alpha value is -5.55. The number of para-hydroxylation sites is 2. The van der Waals surface area contributed by atoms with Crippen molar-refractivity contribution in [2.24, 2.45) is 7.05 Å². The van der Waals surface area contributed by atoms with Crippen LogP contribution in [-0.2, 0) is 30.8 Å². The molecule has 0 amide bonds. The number of fused-ring (bicyclic) bond motifs is 8. The molecule has 2 unspecified atom stereocenters. The standard InChI is InChI=1S/C50H52N4O/c1-6-9-17-35-24-25-39-40-26-27-41-46(47(40)55-45(39)34-35)44-23-14-15-33-53(44)50(8-3,49(41,4)7-2)30-16-19-36-18-10-11-20-38(36)48-52(5)42-21-12-13-22-43(42)54(48)37-28-31-51-32-29-37/h10-15,18,20-29,31-34H,6-9,16-17,19,30H2,1-5H3/q+2. The van der Waals surface area contributed by atoms with E-state index in [-0.39, 0.29) is 11.0 Å². The third-order valence-electron chi connectivity index (χ3n) is 13.2. The molecule has 2 atom stereocenters. The zero-order valence-corrected chi connectivity index (χ0v) is 33.0. The molecule has 4 aromatic carbocycles. The number of hydrogen-bond donors (Lipinski definition) is 0. The molecule has 0 saturated carbocycles. The number of aryl methyl sites for hydroxylation is 3. The Morgan fingerprint density at radius 1 is 0.764 bits per heavy atom. The first-order chi connectivity index (χ1) is 26.9. The zero-order valence-electron chi connectivity index (χ0n) is 33.0. The number of aromatic nitrogens is 4. The van der Waals surface area contributed by atoms with Gasteiger partial charge in [-0.05, 0) is 86.1 Å². The van der Waals surface area contributed by atoms with Gasteiger partial charge in [0.25, 0.3) is 5.82 Å². The van der Waals surface area contributed by atoms with Crippen molar-refractivity contribution in [3.8, 4) is 28.3 Å². The summed E-state index contributed by atoms with van der Waals surface area (Å²) in [6, 6.07) is 40.3. The lowest BCUT2D eigenvalue weighted by Crippen LogP contribution is -2.69.